The first kappa shape index (κ1) is 25.4. The monoisotopic (exact) mass is 502 g/mol. The van der Waals surface area contributed by atoms with E-state index in [1.165, 1.54) is 11.3 Å². The molecule has 1 aliphatic rings. The molecule has 1 aromatic heterocycles. The highest BCUT2D eigenvalue weighted by atomic mass is 32.1. The molecule has 0 N–H and O–H groups in total. The topological polar surface area (TPSA) is 69.9 Å². The van der Waals surface area contributed by atoms with E-state index >= 15 is 0 Å². The first-order valence-electron chi connectivity index (χ1n) is 12.0. The molecule has 0 saturated carbocycles. The van der Waals surface area contributed by atoms with Gasteiger partial charge in [-0.15, -0.1) is 6.58 Å². The Bertz CT molecular complexity index is 1510. The summed E-state index contributed by atoms with van der Waals surface area (Å²) >= 11 is 1.31. The van der Waals surface area contributed by atoms with Gasteiger partial charge in [-0.1, -0.05) is 53.3 Å². The highest BCUT2D eigenvalue weighted by molar-refractivity contribution is 7.07. The number of hydrogen-bond donors (Lipinski definition) is 0. The summed E-state index contributed by atoms with van der Waals surface area (Å²) < 4.78 is 13.2. The minimum Gasteiger partial charge on any atom is -0.494 e. The maximum Gasteiger partial charge on any atom is 0.338 e. The van der Waals surface area contributed by atoms with Crippen molar-refractivity contribution < 1.29 is 14.3 Å². The molecule has 0 unspecified atom stereocenters. The minimum atomic E-state index is -0.611. The molecule has 7 heteroatoms. The van der Waals surface area contributed by atoms with Crippen LogP contribution in [0, 0.1) is 6.92 Å². The van der Waals surface area contributed by atoms with E-state index in [9.17, 15) is 9.59 Å². The van der Waals surface area contributed by atoms with Crippen molar-refractivity contribution in [2.24, 2.45) is 4.99 Å². The van der Waals surface area contributed by atoms with E-state index in [0.717, 1.165) is 28.0 Å². The Morgan fingerprint density at radius 1 is 1.14 bits per heavy atom. The van der Waals surface area contributed by atoms with Crippen molar-refractivity contribution in [1.29, 1.82) is 0 Å². The Hall–Kier alpha value is -3.71. The number of aromatic nitrogens is 1. The van der Waals surface area contributed by atoms with Crippen LogP contribution < -0.4 is 19.6 Å². The molecule has 6 nitrogen and oxygen atoms in total. The number of rotatable bonds is 8. The Morgan fingerprint density at radius 2 is 1.89 bits per heavy atom. The number of ether oxygens (including phenoxy) is 2. The van der Waals surface area contributed by atoms with Gasteiger partial charge in [-0.05, 0) is 69.0 Å². The van der Waals surface area contributed by atoms with E-state index in [0.29, 0.717) is 33.6 Å². The molecule has 2 heterocycles. The van der Waals surface area contributed by atoms with Crippen molar-refractivity contribution in [2.75, 3.05) is 13.2 Å². The van der Waals surface area contributed by atoms with E-state index < -0.39 is 12.0 Å². The molecule has 2 aromatic carbocycles. The average Bonchev–Trinajstić information content (AvgIpc) is 3.15. The molecule has 1 aliphatic heterocycles. The van der Waals surface area contributed by atoms with E-state index in [1.807, 2.05) is 68.5 Å². The fourth-order valence-electron chi connectivity index (χ4n) is 4.31. The molecular formula is C29H30N2O4S. The number of allylic oxidation sites excluding steroid dienone is 2. The van der Waals surface area contributed by atoms with Crippen LogP contribution >= 0.6 is 11.3 Å². The van der Waals surface area contributed by atoms with E-state index in [2.05, 4.69) is 11.6 Å². The van der Waals surface area contributed by atoms with Crippen LogP contribution in [-0.4, -0.2) is 23.8 Å². The van der Waals surface area contributed by atoms with Gasteiger partial charge in [-0.25, -0.2) is 9.79 Å². The zero-order chi connectivity index (χ0) is 25.8. The molecule has 36 heavy (non-hydrogen) atoms. The largest absolute Gasteiger partial charge is 0.494 e. The summed E-state index contributed by atoms with van der Waals surface area (Å²) in [6.07, 6.45) is 4.35. The highest BCUT2D eigenvalue weighted by Crippen LogP contribution is 2.31. The van der Waals surface area contributed by atoms with Gasteiger partial charge in [0.1, 0.15) is 5.75 Å². The molecule has 3 aromatic rings. The third-order valence-corrected chi connectivity index (χ3v) is 6.94. The van der Waals surface area contributed by atoms with E-state index in [-0.39, 0.29) is 12.2 Å². The standard InChI is InChI=1S/C29H30N2O4S/c1-6-9-22-16-20(12-15-23(22)34-7-2)17-24-27(32)31-26(21-13-10-18(4)11-14-21)25(28(33)35-8-3)19(5)30-29(31)36-24/h6,10-17,26H,1,7-9H2,2-5H3/b24-17+/t26-/m1/s1. The van der Waals surface area contributed by atoms with Crippen LogP contribution in [0.5, 0.6) is 5.75 Å². The number of carbonyl (C=O) groups excluding carboxylic acids is 1. The van der Waals surface area contributed by atoms with Crippen LogP contribution in [0.2, 0.25) is 0 Å². The number of hydrogen-bond acceptors (Lipinski definition) is 6. The van der Waals surface area contributed by atoms with Gasteiger partial charge in [0.25, 0.3) is 5.56 Å². The molecular weight excluding hydrogens is 472 g/mol. The summed E-state index contributed by atoms with van der Waals surface area (Å²) in [4.78, 5) is 31.9. The van der Waals surface area contributed by atoms with Gasteiger partial charge in [-0.2, -0.15) is 0 Å². The number of thiazole rings is 1. The van der Waals surface area contributed by atoms with Crippen molar-refractivity contribution in [3.63, 3.8) is 0 Å². The molecule has 0 fully saturated rings. The van der Waals surface area contributed by atoms with Crippen LogP contribution in [0.3, 0.4) is 0 Å². The average molecular weight is 503 g/mol. The van der Waals surface area contributed by atoms with Gasteiger partial charge < -0.3 is 9.47 Å². The van der Waals surface area contributed by atoms with Crippen molar-refractivity contribution in [3.05, 3.63) is 108 Å². The van der Waals surface area contributed by atoms with Gasteiger partial charge in [-0.3, -0.25) is 9.36 Å². The van der Waals surface area contributed by atoms with Gasteiger partial charge in [0.2, 0.25) is 0 Å². The lowest BCUT2D eigenvalue weighted by Crippen LogP contribution is -2.39. The smallest absolute Gasteiger partial charge is 0.338 e. The van der Waals surface area contributed by atoms with Gasteiger partial charge >= 0.3 is 5.97 Å². The molecule has 0 bridgehead atoms. The minimum absolute atomic E-state index is 0.197. The van der Waals surface area contributed by atoms with Crippen LogP contribution in [0.4, 0.5) is 0 Å². The molecule has 0 saturated heterocycles. The lowest BCUT2D eigenvalue weighted by molar-refractivity contribution is -0.139. The number of esters is 1. The number of carbonyl (C=O) groups is 1. The molecule has 0 amide bonds. The second kappa shape index (κ2) is 10.9. The lowest BCUT2D eigenvalue weighted by atomic mass is 9.95. The quantitative estimate of drug-likeness (QED) is 0.341. The van der Waals surface area contributed by atoms with Crippen LogP contribution in [0.15, 0.2) is 76.2 Å². The number of nitrogens with zero attached hydrogens (tertiary/aromatic N) is 2. The van der Waals surface area contributed by atoms with Gasteiger partial charge in [0.15, 0.2) is 4.80 Å². The van der Waals surface area contributed by atoms with Crippen molar-refractivity contribution in [2.45, 2.75) is 40.2 Å². The second-order valence-electron chi connectivity index (χ2n) is 8.51. The Labute approximate surface area is 214 Å². The highest BCUT2D eigenvalue weighted by Gasteiger charge is 2.33. The van der Waals surface area contributed by atoms with E-state index in [1.54, 1.807) is 18.4 Å². The van der Waals surface area contributed by atoms with Crippen molar-refractivity contribution in [3.8, 4) is 5.75 Å². The Balaban J connectivity index is 1.89. The zero-order valence-corrected chi connectivity index (χ0v) is 21.9. The predicted molar refractivity (Wildman–Crippen MR) is 143 cm³/mol. The second-order valence-corrected chi connectivity index (χ2v) is 9.52. The Kier molecular flexibility index (Phi) is 7.70. The van der Waals surface area contributed by atoms with Gasteiger partial charge in [0.05, 0.1) is 35.1 Å². The van der Waals surface area contributed by atoms with E-state index in [4.69, 9.17) is 9.47 Å². The molecule has 0 aliphatic carbocycles. The number of fused-ring (bicyclic) bond motifs is 1. The normalized spacial score (nSPS) is 15.3. The Morgan fingerprint density at radius 3 is 2.56 bits per heavy atom. The summed E-state index contributed by atoms with van der Waals surface area (Å²) in [6, 6.07) is 13.1. The molecule has 0 radical (unpaired) electrons. The molecule has 1 atom stereocenters. The molecule has 0 spiro atoms. The first-order chi connectivity index (χ1) is 17.4. The van der Waals surface area contributed by atoms with Crippen LogP contribution in [0.25, 0.3) is 6.08 Å². The third-order valence-electron chi connectivity index (χ3n) is 5.96. The fraction of sp³-hybridized carbons (Fsp3) is 0.276. The maximum absolute atomic E-state index is 13.7. The summed E-state index contributed by atoms with van der Waals surface area (Å²) in [5, 5.41) is 0. The van der Waals surface area contributed by atoms with Crippen molar-refractivity contribution >= 4 is 23.4 Å². The fourth-order valence-corrected chi connectivity index (χ4v) is 5.35. The SMILES string of the molecule is C=CCc1cc(/C=c2/sc3n(c2=O)[C@H](c2ccc(C)cc2)C(C(=O)OCC)=C(C)N=3)ccc1OCC. The summed E-state index contributed by atoms with van der Waals surface area (Å²) in [5.74, 6) is 0.351. The lowest BCUT2D eigenvalue weighted by Gasteiger charge is -2.24. The van der Waals surface area contributed by atoms with Crippen molar-refractivity contribution in [1.82, 2.24) is 4.57 Å². The third kappa shape index (κ3) is 4.97. The zero-order valence-electron chi connectivity index (χ0n) is 21.0. The molecule has 186 valence electrons. The molecule has 4 rings (SSSR count). The maximum atomic E-state index is 13.7. The van der Waals surface area contributed by atoms with Crippen LogP contribution in [-0.2, 0) is 16.0 Å². The summed E-state index contributed by atoms with van der Waals surface area (Å²) in [6.45, 7) is 12.2. The van der Waals surface area contributed by atoms with Crippen LogP contribution in [0.1, 0.15) is 49.1 Å². The summed E-state index contributed by atoms with van der Waals surface area (Å²) in [7, 11) is 0. The summed E-state index contributed by atoms with van der Waals surface area (Å²) in [5.41, 5.74) is 4.56. The van der Waals surface area contributed by atoms with Gasteiger partial charge in [0, 0.05) is 0 Å². The number of aryl methyl sites for hydroxylation is 1. The number of benzene rings is 2. The first-order valence-corrected chi connectivity index (χ1v) is 12.8. The predicted octanol–water partition coefficient (Wildman–Crippen LogP) is 4.23.